The fourth-order valence-electron chi connectivity index (χ4n) is 1.36. The Balaban J connectivity index is 3.85. The molecule has 0 radical (unpaired) electrons. The highest BCUT2D eigenvalue weighted by Gasteiger charge is 1.94. The van der Waals surface area contributed by atoms with Crippen molar-refractivity contribution in [2.24, 2.45) is 0 Å². The minimum atomic E-state index is 1.04. The van der Waals surface area contributed by atoms with E-state index in [4.69, 9.17) is 0 Å². The zero-order chi connectivity index (χ0) is 10.1. The Kier molecular flexibility index (Phi) is 7.38. The van der Waals surface area contributed by atoms with E-state index in [1.807, 2.05) is 6.08 Å². The van der Waals surface area contributed by atoms with Gasteiger partial charge < -0.3 is 0 Å². The zero-order valence-electron chi connectivity index (χ0n) is 9.27. The van der Waals surface area contributed by atoms with Crippen LogP contribution in [0.2, 0.25) is 0 Å². The molecule has 0 unspecified atom stereocenters. The highest BCUT2D eigenvalue weighted by Crippen LogP contribution is 2.14. The van der Waals surface area contributed by atoms with Crippen molar-refractivity contribution < 1.29 is 0 Å². The molecule has 0 nitrogen and oxygen atoms in total. The average molecular weight is 178 g/mol. The lowest BCUT2D eigenvalue weighted by Gasteiger charge is -2.04. The van der Waals surface area contributed by atoms with Gasteiger partial charge in [0.2, 0.25) is 0 Å². The van der Waals surface area contributed by atoms with E-state index in [1.54, 1.807) is 0 Å². The van der Waals surface area contributed by atoms with Crippen molar-refractivity contribution in [2.75, 3.05) is 0 Å². The van der Waals surface area contributed by atoms with Crippen LogP contribution in [0.5, 0.6) is 0 Å². The Morgan fingerprint density at radius 2 is 2.00 bits per heavy atom. The molecule has 0 bridgehead atoms. The molecular formula is C13H22. The van der Waals surface area contributed by atoms with Crippen LogP contribution >= 0.6 is 0 Å². The molecule has 0 saturated carbocycles. The maximum absolute atomic E-state index is 3.76. The first-order valence-corrected chi connectivity index (χ1v) is 5.15. The third kappa shape index (κ3) is 6.39. The Morgan fingerprint density at radius 1 is 1.31 bits per heavy atom. The van der Waals surface area contributed by atoms with Gasteiger partial charge in [-0.05, 0) is 39.5 Å². The molecule has 0 saturated heterocycles. The van der Waals surface area contributed by atoms with Crippen molar-refractivity contribution in [1.29, 1.82) is 0 Å². The summed E-state index contributed by atoms with van der Waals surface area (Å²) in [6, 6.07) is 0. The van der Waals surface area contributed by atoms with Gasteiger partial charge >= 0.3 is 0 Å². The minimum absolute atomic E-state index is 1.04. The molecule has 74 valence electrons. The summed E-state index contributed by atoms with van der Waals surface area (Å²) in [6.07, 6.45) is 11.1. The summed E-state index contributed by atoms with van der Waals surface area (Å²) in [5.41, 5.74) is 3.00. The van der Waals surface area contributed by atoms with Gasteiger partial charge in [0, 0.05) is 0 Å². The summed E-state index contributed by atoms with van der Waals surface area (Å²) in [4.78, 5) is 0. The molecule has 0 heteroatoms. The summed E-state index contributed by atoms with van der Waals surface area (Å²) in [5, 5.41) is 0. The molecule has 0 aliphatic rings. The monoisotopic (exact) mass is 178 g/mol. The molecule has 0 spiro atoms. The Labute approximate surface area is 83.0 Å². The lowest BCUT2D eigenvalue weighted by atomic mass is 10.0. The van der Waals surface area contributed by atoms with Crippen molar-refractivity contribution in [3.8, 4) is 0 Å². The highest BCUT2D eigenvalue weighted by molar-refractivity contribution is 5.08. The van der Waals surface area contributed by atoms with Crippen molar-refractivity contribution in [3.05, 3.63) is 36.0 Å². The van der Waals surface area contributed by atoms with Crippen molar-refractivity contribution in [2.45, 2.75) is 46.5 Å². The van der Waals surface area contributed by atoms with E-state index in [0.717, 1.165) is 12.8 Å². The molecule has 0 aromatic heterocycles. The van der Waals surface area contributed by atoms with E-state index in [1.165, 1.54) is 24.0 Å². The van der Waals surface area contributed by atoms with Crippen LogP contribution in [0.1, 0.15) is 46.5 Å². The van der Waals surface area contributed by atoms with E-state index in [-0.39, 0.29) is 0 Å². The standard InChI is InChI=1S/C13H22/c1-5-8-12(4)10-11-13(7-3)9-6-2/h6-8H,2,5,9-11H2,1,3-4H3/b12-8-,13-7-. The summed E-state index contributed by atoms with van der Waals surface area (Å²) in [6.45, 7) is 10.3. The third-order valence-electron chi connectivity index (χ3n) is 2.21. The second-order valence-electron chi connectivity index (χ2n) is 3.40. The maximum Gasteiger partial charge on any atom is -0.0142 e. The maximum atomic E-state index is 3.76. The fourth-order valence-corrected chi connectivity index (χ4v) is 1.36. The second-order valence-corrected chi connectivity index (χ2v) is 3.40. The molecule has 0 heterocycles. The second kappa shape index (κ2) is 7.85. The summed E-state index contributed by atoms with van der Waals surface area (Å²) >= 11 is 0. The van der Waals surface area contributed by atoms with Gasteiger partial charge in [-0.25, -0.2) is 0 Å². The van der Waals surface area contributed by atoms with Crippen LogP contribution in [-0.4, -0.2) is 0 Å². The SMILES string of the molecule is C=CC/C(=C/C)CC/C(C)=C\CC. The molecule has 0 aliphatic heterocycles. The van der Waals surface area contributed by atoms with Crippen LogP contribution in [0.25, 0.3) is 0 Å². The van der Waals surface area contributed by atoms with Gasteiger partial charge in [-0.15, -0.1) is 6.58 Å². The van der Waals surface area contributed by atoms with Gasteiger partial charge in [0.1, 0.15) is 0 Å². The van der Waals surface area contributed by atoms with Crippen LogP contribution in [-0.2, 0) is 0 Å². The Hall–Kier alpha value is -0.780. The Bertz CT molecular complexity index is 194. The molecule has 0 atom stereocenters. The average Bonchev–Trinajstić information content (AvgIpc) is 2.12. The van der Waals surface area contributed by atoms with E-state index in [0.29, 0.717) is 0 Å². The molecule has 0 aromatic rings. The van der Waals surface area contributed by atoms with Gasteiger partial charge in [-0.2, -0.15) is 0 Å². The van der Waals surface area contributed by atoms with E-state index in [2.05, 4.69) is 39.5 Å². The lowest BCUT2D eigenvalue weighted by Crippen LogP contribution is -1.84. The Morgan fingerprint density at radius 3 is 2.46 bits per heavy atom. The van der Waals surface area contributed by atoms with Gasteiger partial charge in [0.05, 0.1) is 0 Å². The molecule has 0 aliphatic carbocycles. The summed E-state index contributed by atoms with van der Waals surface area (Å²) < 4.78 is 0. The smallest absolute Gasteiger partial charge is 0.0142 e. The number of hydrogen-bond donors (Lipinski definition) is 0. The predicted molar refractivity (Wildman–Crippen MR) is 61.9 cm³/mol. The van der Waals surface area contributed by atoms with Crippen molar-refractivity contribution >= 4 is 0 Å². The molecule has 0 rings (SSSR count). The number of hydrogen-bond acceptors (Lipinski definition) is 0. The largest absolute Gasteiger partial charge is 0.103 e. The van der Waals surface area contributed by atoms with Gasteiger partial charge in [0.25, 0.3) is 0 Å². The van der Waals surface area contributed by atoms with Crippen LogP contribution in [0.3, 0.4) is 0 Å². The number of allylic oxidation sites excluding steroid dienone is 5. The summed E-state index contributed by atoms with van der Waals surface area (Å²) in [7, 11) is 0. The predicted octanol–water partition coefficient (Wildman–Crippen LogP) is 4.65. The molecule has 13 heavy (non-hydrogen) atoms. The van der Waals surface area contributed by atoms with Crippen LogP contribution < -0.4 is 0 Å². The van der Waals surface area contributed by atoms with Crippen molar-refractivity contribution in [3.63, 3.8) is 0 Å². The molecular weight excluding hydrogens is 156 g/mol. The first-order chi connectivity index (χ1) is 6.24. The summed E-state index contributed by atoms with van der Waals surface area (Å²) in [5.74, 6) is 0. The number of rotatable bonds is 6. The topological polar surface area (TPSA) is 0 Å². The normalized spacial score (nSPS) is 13.2. The van der Waals surface area contributed by atoms with Crippen LogP contribution in [0.15, 0.2) is 36.0 Å². The first-order valence-electron chi connectivity index (χ1n) is 5.15. The quantitative estimate of drug-likeness (QED) is 0.519. The van der Waals surface area contributed by atoms with Crippen LogP contribution in [0, 0.1) is 0 Å². The van der Waals surface area contributed by atoms with E-state index >= 15 is 0 Å². The van der Waals surface area contributed by atoms with Gasteiger partial charge in [-0.3, -0.25) is 0 Å². The fraction of sp³-hybridized carbons (Fsp3) is 0.538. The van der Waals surface area contributed by atoms with Gasteiger partial charge in [0.15, 0.2) is 0 Å². The third-order valence-corrected chi connectivity index (χ3v) is 2.21. The molecule has 0 N–H and O–H groups in total. The van der Waals surface area contributed by atoms with E-state index in [9.17, 15) is 0 Å². The van der Waals surface area contributed by atoms with Crippen LogP contribution in [0.4, 0.5) is 0 Å². The first kappa shape index (κ1) is 12.2. The molecule has 0 fully saturated rings. The molecule has 0 amide bonds. The zero-order valence-corrected chi connectivity index (χ0v) is 9.27. The molecule has 0 aromatic carbocycles. The minimum Gasteiger partial charge on any atom is -0.103 e. The van der Waals surface area contributed by atoms with Crippen molar-refractivity contribution in [1.82, 2.24) is 0 Å². The van der Waals surface area contributed by atoms with E-state index < -0.39 is 0 Å². The lowest BCUT2D eigenvalue weighted by molar-refractivity contribution is 0.887. The highest BCUT2D eigenvalue weighted by atomic mass is 14.0. The van der Waals surface area contributed by atoms with Gasteiger partial charge in [-0.1, -0.05) is 36.3 Å².